The molecule has 0 aromatic carbocycles. The minimum Gasteiger partial charge on any atom is -0.389 e. The second kappa shape index (κ2) is 4.19. The molecule has 1 unspecified atom stereocenters. The molecular formula is C8H11FN2O3. The first-order valence-electron chi connectivity index (χ1n) is 4.09. The molecule has 1 rings (SSSR count). The Morgan fingerprint density at radius 3 is 2.86 bits per heavy atom. The second-order valence-electron chi connectivity index (χ2n) is 3.03. The number of hydrogen-bond donors (Lipinski definition) is 2. The highest BCUT2D eigenvalue weighted by atomic mass is 19.1. The van der Waals surface area contributed by atoms with Crippen LogP contribution in [0.25, 0.3) is 0 Å². The quantitative estimate of drug-likeness (QED) is 0.672. The Morgan fingerprint density at radius 2 is 2.29 bits per heavy atom. The Kier molecular flexibility index (Phi) is 3.19. The molecule has 2 N–H and O–H groups in total. The molecule has 0 radical (unpaired) electrons. The van der Waals surface area contributed by atoms with E-state index in [0.29, 0.717) is 5.56 Å². The van der Waals surface area contributed by atoms with Crippen LogP contribution in [-0.2, 0) is 6.54 Å². The molecule has 0 bridgehead atoms. The third-order valence-electron chi connectivity index (χ3n) is 1.77. The van der Waals surface area contributed by atoms with Crippen molar-refractivity contribution in [1.82, 2.24) is 9.55 Å². The van der Waals surface area contributed by atoms with E-state index >= 15 is 0 Å². The van der Waals surface area contributed by atoms with Crippen molar-refractivity contribution in [2.45, 2.75) is 19.6 Å². The topological polar surface area (TPSA) is 75.1 Å². The van der Waals surface area contributed by atoms with Crippen LogP contribution in [-0.4, -0.2) is 27.4 Å². The highest BCUT2D eigenvalue weighted by Crippen LogP contribution is 1.90. The Labute approximate surface area is 78.8 Å². The largest absolute Gasteiger partial charge is 0.389 e. The number of rotatable bonds is 3. The van der Waals surface area contributed by atoms with Gasteiger partial charge in [-0.3, -0.25) is 14.3 Å². The van der Waals surface area contributed by atoms with Crippen LogP contribution in [0, 0.1) is 6.92 Å². The van der Waals surface area contributed by atoms with Crippen molar-refractivity contribution in [2.24, 2.45) is 0 Å². The van der Waals surface area contributed by atoms with Gasteiger partial charge in [-0.25, -0.2) is 9.18 Å². The molecule has 1 atom stereocenters. The Hall–Kier alpha value is -1.43. The van der Waals surface area contributed by atoms with Crippen LogP contribution in [0.15, 0.2) is 15.8 Å². The zero-order valence-electron chi connectivity index (χ0n) is 7.66. The summed E-state index contributed by atoms with van der Waals surface area (Å²) in [6, 6.07) is 0. The van der Waals surface area contributed by atoms with E-state index in [1.807, 2.05) is 0 Å². The molecule has 0 spiro atoms. The molecule has 5 nitrogen and oxygen atoms in total. The lowest BCUT2D eigenvalue weighted by Gasteiger charge is -2.08. The molecule has 6 heteroatoms. The molecule has 1 aromatic heterocycles. The van der Waals surface area contributed by atoms with Gasteiger partial charge in [0.2, 0.25) is 0 Å². The summed E-state index contributed by atoms with van der Waals surface area (Å²) in [6.07, 6.45) is 0.0676. The van der Waals surface area contributed by atoms with Gasteiger partial charge in [0, 0.05) is 11.8 Å². The van der Waals surface area contributed by atoms with Crippen LogP contribution in [0.3, 0.4) is 0 Å². The number of aliphatic hydroxyl groups excluding tert-OH is 1. The summed E-state index contributed by atoms with van der Waals surface area (Å²) >= 11 is 0. The number of halogens is 1. The van der Waals surface area contributed by atoms with Gasteiger partial charge in [0.05, 0.1) is 6.54 Å². The van der Waals surface area contributed by atoms with Crippen LogP contribution in [0.2, 0.25) is 0 Å². The van der Waals surface area contributed by atoms with Crippen LogP contribution >= 0.6 is 0 Å². The average Bonchev–Trinajstić information content (AvgIpc) is 2.14. The molecular weight excluding hydrogens is 191 g/mol. The van der Waals surface area contributed by atoms with Crippen LogP contribution in [0.4, 0.5) is 4.39 Å². The standard InChI is InChI=1S/C8H11FN2O3/c1-5-3-11(4-6(12)2-9)8(14)10-7(5)13/h3,6,12H,2,4H2,1H3,(H,10,13,14). The van der Waals surface area contributed by atoms with E-state index in [0.717, 1.165) is 4.57 Å². The van der Waals surface area contributed by atoms with Gasteiger partial charge >= 0.3 is 5.69 Å². The number of aliphatic hydroxyl groups is 1. The first-order valence-corrected chi connectivity index (χ1v) is 4.09. The summed E-state index contributed by atoms with van der Waals surface area (Å²) in [4.78, 5) is 24.1. The fraction of sp³-hybridized carbons (Fsp3) is 0.500. The van der Waals surface area contributed by atoms with E-state index in [2.05, 4.69) is 4.98 Å². The molecule has 78 valence electrons. The number of aromatic nitrogens is 2. The average molecular weight is 202 g/mol. The number of aryl methyl sites for hydroxylation is 1. The molecule has 0 aliphatic carbocycles. The SMILES string of the molecule is Cc1cn(CC(O)CF)c(=O)[nH]c1=O. The lowest BCUT2D eigenvalue weighted by molar-refractivity contribution is 0.120. The van der Waals surface area contributed by atoms with Crippen molar-refractivity contribution in [3.05, 3.63) is 32.6 Å². The van der Waals surface area contributed by atoms with Gasteiger partial charge in [0.25, 0.3) is 5.56 Å². The summed E-state index contributed by atoms with van der Waals surface area (Å²) in [6.45, 7) is 0.439. The lowest BCUT2D eigenvalue weighted by atomic mass is 10.3. The summed E-state index contributed by atoms with van der Waals surface area (Å²) in [5.41, 5.74) is -0.773. The van der Waals surface area contributed by atoms with Gasteiger partial charge in [-0.2, -0.15) is 0 Å². The molecule has 0 saturated heterocycles. The van der Waals surface area contributed by atoms with Crippen LogP contribution in [0.1, 0.15) is 5.56 Å². The highest BCUT2D eigenvalue weighted by molar-refractivity contribution is 5.00. The summed E-state index contributed by atoms with van der Waals surface area (Å²) in [5.74, 6) is 0. The van der Waals surface area contributed by atoms with Gasteiger partial charge in [-0.05, 0) is 6.92 Å². The van der Waals surface area contributed by atoms with E-state index < -0.39 is 24.0 Å². The molecule has 0 aliphatic heterocycles. The maximum absolute atomic E-state index is 11.9. The summed E-state index contributed by atoms with van der Waals surface area (Å²) in [5, 5.41) is 8.97. The van der Waals surface area contributed by atoms with Crippen molar-refractivity contribution in [3.8, 4) is 0 Å². The number of aromatic amines is 1. The molecule has 0 fully saturated rings. The molecule has 0 saturated carbocycles. The highest BCUT2D eigenvalue weighted by Gasteiger charge is 2.06. The van der Waals surface area contributed by atoms with Crippen molar-refractivity contribution < 1.29 is 9.50 Å². The Bertz CT molecular complexity index is 423. The first kappa shape index (κ1) is 10.6. The van der Waals surface area contributed by atoms with Crippen LogP contribution < -0.4 is 11.2 Å². The minimum absolute atomic E-state index is 0.160. The van der Waals surface area contributed by atoms with Gasteiger partial charge in [0.1, 0.15) is 12.8 Å². The van der Waals surface area contributed by atoms with Crippen molar-refractivity contribution in [2.75, 3.05) is 6.67 Å². The molecule has 0 amide bonds. The number of alkyl halides is 1. The van der Waals surface area contributed by atoms with E-state index in [1.165, 1.54) is 13.1 Å². The number of nitrogens with zero attached hydrogens (tertiary/aromatic N) is 1. The van der Waals surface area contributed by atoms with E-state index in [9.17, 15) is 14.0 Å². The maximum Gasteiger partial charge on any atom is 0.328 e. The smallest absolute Gasteiger partial charge is 0.328 e. The van der Waals surface area contributed by atoms with Crippen molar-refractivity contribution in [3.63, 3.8) is 0 Å². The number of nitrogens with one attached hydrogen (secondary N) is 1. The van der Waals surface area contributed by atoms with Gasteiger partial charge in [-0.15, -0.1) is 0 Å². The Morgan fingerprint density at radius 1 is 1.64 bits per heavy atom. The predicted octanol–water partition coefficient (Wildman–Crippen LogP) is -0.825. The predicted molar refractivity (Wildman–Crippen MR) is 48.0 cm³/mol. The summed E-state index contributed by atoms with van der Waals surface area (Å²) in [7, 11) is 0. The zero-order chi connectivity index (χ0) is 10.7. The van der Waals surface area contributed by atoms with E-state index in [1.54, 1.807) is 0 Å². The third-order valence-corrected chi connectivity index (χ3v) is 1.77. The van der Waals surface area contributed by atoms with Gasteiger partial charge in [-0.1, -0.05) is 0 Å². The molecule has 1 heterocycles. The lowest BCUT2D eigenvalue weighted by Crippen LogP contribution is -2.34. The number of H-pyrrole nitrogens is 1. The monoisotopic (exact) mass is 202 g/mol. The first-order chi connectivity index (χ1) is 6.54. The fourth-order valence-electron chi connectivity index (χ4n) is 1.03. The fourth-order valence-corrected chi connectivity index (χ4v) is 1.03. The molecule has 1 aromatic rings. The van der Waals surface area contributed by atoms with Gasteiger partial charge in [0.15, 0.2) is 0 Å². The van der Waals surface area contributed by atoms with Crippen molar-refractivity contribution >= 4 is 0 Å². The maximum atomic E-state index is 11.9. The second-order valence-corrected chi connectivity index (χ2v) is 3.03. The van der Waals surface area contributed by atoms with E-state index in [4.69, 9.17) is 5.11 Å². The Balaban J connectivity index is 3.04. The van der Waals surface area contributed by atoms with Crippen LogP contribution in [0.5, 0.6) is 0 Å². The molecule has 14 heavy (non-hydrogen) atoms. The minimum atomic E-state index is -1.22. The van der Waals surface area contributed by atoms with E-state index in [-0.39, 0.29) is 6.54 Å². The third kappa shape index (κ3) is 2.29. The molecule has 0 aliphatic rings. The number of hydrogen-bond acceptors (Lipinski definition) is 3. The van der Waals surface area contributed by atoms with Gasteiger partial charge < -0.3 is 5.11 Å². The summed E-state index contributed by atoms with van der Waals surface area (Å²) < 4.78 is 13.0. The van der Waals surface area contributed by atoms with Crippen molar-refractivity contribution in [1.29, 1.82) is 0 Å². The normalized spacial score (nSPS) is 12.8. The zero-order valence-corrected chi connectivity index (χ0v) is 7.66.